The zero-order chi connectivity index (χ0) is 13.8. The molecule has 0 saturated carbocycles. The van der Waals surface area contributed by atoms with Crippen LogP contribution in [0.3, 0.4) is 0 Å². The van der Waals surface area contributed by atoms with Gasteiger partial charge in [-0.2, -0.15) is 0 Å². The second kappa shape index (κ2) is 5.34. The monoisotopic (exact) mass is 258 g/mol. The van der Waals surface area contributed by atoms with Crippen LogP contribution in [0, 0.1) is 0 Å². The van der Waals surface area contributed by atoms with E-state index in [1.54, 1.807) is 12.4 Å². The van der Waals surface area contributed by atoms with Crippen molar-refractivity contribution in [1.82, 2.24) is 9.97 Å². The lowest BCUT2D eigenvalue weighted by atomic mass is 10.2. The Hall–Kier alpha value is -2.63. The number of anilines is 2. The van der Waals surface area contributed by atoms with Gasteiger partial charge in [-0.05, 0) is 23.8 Å². The average molecular weight is 258 g/mol. The number of aromatic nitrogens is 2. The Balaban J connectivity index is 2.20. The second-order valence-corrected chi connectivity index (χ2v) is 4.15. The highest BCUT2D eigenvalue weighted by Gasteiger charge is 2.11. The molecule has 0 radical (unpaired) electrons. The molecule has 0 aromatic carbocycles. The number of carboxylic acids is 1. The fourth-order valence-corrected chi connectivity index (χ4v) is 1.75. The molecule has 98 valence electrons. The first-order valence-corrected chi connectivity index (χ1v) is 5.67. The smallest absolute Gasteiger partial charge is 0.337 e. The molecule has 3 N–H and O–H groups in total. The van der Waals surface area contributed by atoms with Gasteiger partial charge in [-0.25, -0.2) is 9.78 Å². The molecule has 0 saturated heterocycles. The Morgan fingerprint density at radius 1 is 1.42 bits per heavy atom. The molecule has 6 heteroatoms. The van der Waals surface area contributed by atoms with Gasteiger partial charge in [0.25, 0.3) is 0 Å². The molecule has 0 unspecified atom stereocenters. The molecule has 6 nitrogen and oxygen atoms in total. The normalized spacial score (nSPS) is 10.2. The average Bonchev–Trinajstić information content (AvgIpc) is 2.39. The van der Waals surface area contributed by atoms with Crippen molar-refractivity contribution in [1.29, 1.82) is 0 Å². The minimum absolute atomic E-state index is 0.0820. The second-order valence-electron chi connectivity index (χ2n) is 4.15. The van der Waals surface area contributed by atoms with Crippen LogP contribution >= 0.6 is 0 Å². The Kier molecular flexibility index (Phi) is 3.61. The van der Waals surface area contributed by atoms with E-state index in [0.717, 1.165) is 5.56 Å². The number of hydrogen-bond acceptors (Lipinski definition) is 5. The van der Waals surface area contributed by atoms with Gasteiger partial charge in [0.2, 0.25) is 0 Å². The van der Waals surface area contributed by atoms with Crippen LogP contribution < -0.4 is 10.6 Å². The van der Waals surface area contributed by atoms with Crippen molar-refractivity contribution >= 4 is 17.5 Å². The SMILES string of the molecule is CN(Cc1ccncc1)c1ncc(C(=O)O)cc1N. The summed E-state index contributed by atoms with van der Waals surface area (Å²) in [7, 11) is 1.85. The largest absolute Gasteiger partial charge is 0.478 e. The highest BCUT2D eigenvalue weighted by atomic mass is 16.4. The highest BCUT2D eigenvalue weighted by molar-refractivity contribution is 5.89. The minimum atomic E-state index is -1.04. The molecule has 0 aliphatic rings. The number of pyridine rings is 2. The number of carbonyl (C=O) groups is 1. The van der Waals surface area contributed by atoms with E-state index in [9.17, 15) is 4.79 Å². The third-order valence-electron chi connectivity index (χ3n) is 2.67. The Labute approximate surface area is 110 Å². The molecule has 2 rings (SSSR count). The molecule has 0 aliphatic carbocycles. The maximum atomic E-state index is 10.8. The molecular weight excluding hydrogens is 244 g/mol. The van der Waals surface area contributed by atoms with Crippen molar-refractivity contribution in [2.75, 3.05) is 17.7 Å². The third kappa shape index (κ3) is 2.98. The summed E-state index contributed by atoms with van der Waals surface area (Å²) in [6, 6.07) is 5.21. The summed E-state index contributed by atoms with van der Waals surface area (Å²) < 4.78 is 0. The van der Waals surface area contributed by atoms with E-state index in [4.69, 9.17) is 10.8 Å². The van der Waals surface area contributed by atoms with Crippen LogP contribution in [0.25, 0.3) is 0 Å². The Morgan fingerprint density at radius 2 is 2.11 bits per heavy atom. The van der Waals surface area contributed by atoms with E-state index in [1.807, 2.05) is 24.1 Å². The van der Waals surface area contributed by atoms with Gasteiger partial charge in [0.05, 0.1) is 11.3 Å². The Bertz CT molecular complexity index is 586. The molecule has 2 heterocycles. The molecule has 0 bridgehead atoms. The van der Waals surface area contributed by atoms with Crippen LogP contribution in [0.15, 0.2) is 36.8 Å². The van der Waals surface area contributed by atoms with Gasteiger partial charge in [0, 0.05) is 32.2 Å². The summed E-state index contributed by atoms with van der Waals surface area (Å²) >= 11 is 0. The summed E-state index contributed by atoms with van der Waals surface area (Å²) in [6.07, 6.45) is 4.73. The van der Waals surface area contributed by atoms with Crippen molar-refractivity contribution in [3.63, 3.8) is 0 Å². The maximum Gasteiger partial charge on any atom is 0.337 e. The van der Waals surface area contributed by atoms with Crippen molar-refractivity contribution < 1.29 is 9.90 Å². The molecule has 0 spiro atoms. The molecule has 0 atom stereocenters. The fourth-order valence-electron chi connectivity index (χ4n) is 1.75. The van der Waals surface area contributed by atoms with Crippen LogP contribution in [0.4, 0.5) is 11.5 Å². The van der Waals surface area contributed by atoms with Gasteiger partial charge < -0.3 is 15.7 Å². The lowest BCUT2D eigenvalue weighted by Crippen LogP contribution is -2.19. The van der Waals surface area contributed by atoms with E-state index in [-0.39, 0.29) is 5.56 Å². The van der Waals surface area contributed by atoms with E-state index >= 15 is 0 Å². The van der Waals surface area contributed by atoms with E-state index < -0.39 is 5.97 Å². The summed E-state index contributed by atoms with van der Waals surface area (Å²) in [5, 5.41) is 8.86. The van der Waals surface area contributed by atoms with Gasteiger partial charge in [-0.1, -0.05) is 0 Å². The van der Waals surface area contributed by atoms with Gasteiger partial charge >= 0.3 is 5.97 Å². The summed E-state index contributed by atoms with van der Waals surface area (Å²) in [4.78, 5) is 20.7. The van der Waals surface area contributed by atoms with Gasteiger partial charge in [-0.15, -0.1) is 0 Å². The molecule has 2 aromatic heterocycles. The number of carboxylic acid groups (broad SMARTS) is 1. The van der Waals surface area contributed by atoms with Gasteiger partial charge in [0.1, 0.15) is 0 Å². The molecule has 2 aromatic rings. The Morgan fingerprint density at radius 3 is 2.68 bits per heavy atom. The van der Waals surface area contributed by atoms with Crippen LogP contribution in [0.5, 0.6) is 0 Å². The number of hydrogen-bond donors (Lipinski definition) is 2. The zero-order valence-corrected chi connectivity index (χ0v) is 10.4. The summed E-state index contributed by atoms with van der Waals surface area (Å²) in [5.41, 5.74) is 7.33. The number of nitrogens with two attached hydrogens (primary N) is 1. The van der Waals surface area contributed by atoms with E-state index in [0.29, 0.717) is 18.1 Å². The standard InChI is InChI=1S/C13H14N4O2/c1-17(8-9-2-4-15-5-3-9)12-11(14)6-10(7-16-12)13(18)19/h2-7H,8,14H2,1H3,(H,18,19). The molecule has 0 amide bonds. The third-order valence-corrected chi connectivity index (χ3v) is 2.67. The predicted octanol–water partition coefficient (Wildman–Crippen LogP) is 1.39. The van der Waals surface area contributed by atoms with Crippen LogP contribution in [0.2, 0.25) is 0 Å². The first-order chi connectivity index (χ1) is 9.08. The predicted molar refractivity (Wildman–Crippen MR) is 72.0 cm³/mol. The van der Waals surface area contributed by atoms with Gasteiger partial charge in [0.15, 0.2) is 5.82 Å². The lowest BCUT2D eigenvalue weighted by molar-refractivity contribution is 0.0696. The topological polar surface area (TPSA) is 92.3 Å². The maximum absolute atomic E-state index is 10.8. The van der Waals surface area contributed by atoms with Crippen LogP contribution in [0.1, 0.15) is 15.9 Å². The van der Waals surface area contributed by atoms with Crippen molar-refractivity contribution in [3.05, 3.63) is 47.9 Å². The van der Waals surface area contributed by atoms with Crippen LogP contribution in [-0.2, 0) is 6.54 Å². The van der Waals surface area contributed by atoms with Crippen molar-refractivity contribution in [2.45, 2.75) is 6.54 Å². The quantitative estimate of drug-likeness (QED) is 0.861. The van der Waals surface area contributed by atoms with Crippen molar-refractivity contribution in [3.8, 4) is 0 Å². The number of nitrogen functional groups attached to an aromatic ring is 1. The van der Waals surface area contributed by atoms with Gasteiger partial charge in [-0.3, -0.25) is 4.98 Å². The summed E-state index contributed by atoms with van der Waals surface area (Å²) in [5.74, 6) is -0.482. The fraction of sp³-hybridized carbons (Fsp3) is 0.154. The minimum Gasteiger partial charge on any atom is -0.478 e. The van der Waals surface area contributed by atoms with Crippen LogP contribution in [-0.4, -0.2) is 28.1 Å². The summed E-state index contributed by atoms with van der Waals surface area (Å²) in [6.45, 7) is 0.617. The number of rotatable bonds is 4. The molecular formula is C13H14N4O2. The number of aromatic carboxylic acids is 1. The lowest BCUT2D eigenvalue weighted by Gasteiger charge is -2.19. The van der Waals surface area contributed by atoms with E-state index in [1.165, 1.54) is 12.3 Å². The van der Waals surface area contributed by atoms with Crippen molar-refractivity contribution in [2.24, 2.45) is 0 Å². The molecule has 0 fully saturated rings. The first kappa shape index (κ1) is 12.8. The highest BCUT2D eigenvalue weighted by Crippen LogP contribution is 2.21. The molecule has 0 aliphatic heterocycles. The first-order valence-electron chi connectivity index (χ1n) is 5.67. The molecule has 19 heavy (non-hydrogen) atoms. The number of nitrogens with zero attached hydrogens (tertiary/aromatic N) is 3. The van der Waals surface area contributed by atoms with E-state index in [2.05, 4.69) is 9.97 Å². The zero-order valence-electron chi connectivity index (χ0n) is 10.4.